The van der Waals surface area contributed by atoms with Gasteiger partial charge in [0.15, 0.2) is 0 Å². The lowest BCUT2D eigenvalue weighted by Crippen LogP contribution is -2.27. The maximum Gasteiger partial charge on any atom is 0.407 e. The van der Waals surface area contributed by atoms with E-state index in [0.717, 1.165) is 15.1 Å². The second-order valence-electron chi connectivity index (χ2n) is 4.55. The smallest absolute Gasteiger partial charge is 0.407 e. The summed E-state index contributed by atoms with van der Waals surface area (Å²) in [5, 5.41) is 10.9. The fraction of sp³-hybridized carbons (Fsp3) is 0.267. The third kappa shape index (κ3) is 4.47. The van der Waals surface area contributed by atoms with Crippen LogP contribution in [0.3, 0.4) is 0 Å². The molecule has 0 aliphatic carbocycles. The summed E-state index contributed by atoms with van der Waals surface area (Å²) in [4.78, 5) is 13.2. The Morgan fingerprint density at radius 1 is 1.38 bits per heavy atom. The first kappa shape index (κ1) is 15.9. The molecule has 1 aromatic heterocycles. The quantitative estimate of drug-likeness (QED) is 0.807. The van der Waals surface area contributed by atoms with Crippen molar-refractivity contribution in [3.63, 3.8) is 0 Å². The third-order valence-electron chi connectivity index (χ3n) is 3.02. The van der Waals surface area contributed by atoms with E-state index in [0.29, 0.717) is 13.0 Å². The summed E-state index contributed by atoms with van der Waals surface area (Å²) in [5.74, 6) is 0.758. The fourth-order valence-electron chi connectivity index (χ4n) is 1.83. The SMILES string of the molecule is CN(CCC(Oc1ccccc1Br)c1cccs1)C(=O)O. The van der Waals surface area contributed by atoms with Gasteiger partial charge < -0.3 is 14.7 Å². The highest BCUT2D eigenvalue weighted by Crippen LogP contribution is 2.32. The Labute approximate surface area is 136 Å². The molecule has 0 bridgehead atoms. The van der Waals surface area contributed by atoms with E-state index >= 15 is 0 Å². The molecule has 2 aromatic rings. The zero-order valence-electron chi connectivity index (χ0n) is 11.5. The summed E-state index contributed by atoms with van der Waals surface area (Å²) >= 11 is 5.08. The average molecular weight is 370 g/mol. The molecule has 112 valence electrons. The lowest BCUT2D eigenvalue weighted by molar-refractivity contribution is 0.140. The van der Waals surface area contributed by atoms with Gasteiger partial charge in [-0.3, -0.25) is 0 Å². The zero-order chi connectivity index (χ0) is 15.2. The summed E-state index contributed by atoms with van der Waals surface area (Å²) in [5.41, 5.74) is 0. The summed E-state index contributed by atoms with van der Waals surface area (Å²) in [6.45, 7) is 0.419. The summed E-state index contributed by atoms with van der Waals surface area (Å²) < 4.78 is 6.95. The first-order valence-corrected chi connectivity index (χ1v) is 8.14. The van der Waals surface area contributed by atoms with E-state index in [1.807, 2.05) is 41.8 Å². The number of ether oxygens (including phenoxy) is 1. The molecule has 0 fully saturated rings. The largest absolute Gasteiger partial charge is 0.484 e. The van der Waals surface area contributed by atoms with Gasteiger partial charge in [0.05, 0.1) is 4.47 Å². The molecule has 0 saturated heterocycles. The molecule has 0 saturated carbocycles. The van der Waals surface area contributed by atoms with Crippen LogP contribution in [0.25, 0.3) is 0 Å². The number of nitrogens with zero attached hydrogens (tertiary/aromatic N) is 1. The van der Waals surface area contributed by atoms with Gasteiger partial charge >= 0.3 is 6.09 Å². The summed E-state index contributed by atoms with van der Waals surface area (Å²) in [7, 11) is 1.56. The maximum absolute atomic E-state index is 10.9. The predicted molar refractivity (Wildman–Crippen MR) is 87.1 cm³/mol. The number of carboxylic acid groups (broad SMARTS) is 1. The Hall–Kier alpha value is -1.53. The predicted octanol–water partition coefficient (Wildman–Crippen LogP) is 4.63. The van der Waals surface area contributed by atoms with Gasteiger partial charge in [-0.1, -0.05) is 18.2 Å². The van der Waals surface area contributed by atoms with Gasteiger partial charge in [0, 0.05) is 24.9 Å². The molecule has 0 spiro atoms. The van der Waals surface area contributed by atoms with Crippen molar-refractivity contribution in [1.29, 1.82) is 0 Å². The van der Waals surface area contributed by atoms with Gasteiger partial charge in [-0.15, -0.1) is 11.3 Å². The molecule has 1 N–H and O–H groups in total. The van der Waals surface area contributed by atoms with E-state index in [9.17, 15) is 4.79 Å². The Kier molecular flexibility index (Phi) is 5.64. The normalized spacial score (nSPS) is 11.9. The first-order valence-electron chi connectivity index (χ1n) is 6.46. The van der Waals surface area contributed by atoms with Crippen LogP contribution in [0.4, 0.5) is 4.79 Å². The van der Waals surface area contributed by atoms with Gasteiger partial charge in [-0.2, -0.15) is 0 Å². The molecule has 1 atom stereocenters. The number of hydrogen-bond donors (Lipinski definition) is 1. The molecule has 4 nitrogen and oxygen atoms in total. The summed E-state index contributed by atoms with van der Waals surface area (Å²) in [6, 6.07) is 11.6. The number of para-hydroxylation sites is 1. The number of hydrogen-bond acceptors (Lipinski definition) is 3. The van der Waals surface area contributed by atoms with Crippen LogP contribution in [0.1, 0.15) is 17.4 Å². The van der Waals surface area contributed by atoms with Crippen LogP contribution in [0.15, 0.2) is 46.3 Å². The standard InChI is InChI=1S/C15H16BrNO3S/c1-17(15(18)19)9-8-13(14-7-4-10-21-14)20-12-6-3-2-5-11(12)16/h2-7,10,13H,8-9H2,1H3,(H,18,19). The van der Waals surface area contributed by atoms with Crippen LogP contribution in [0, 0.1) is 0 Å². The average Bonchev–Trinajstić information content (AvgIpc) is 2.99. The number of thiophene rings is 1. The second-order valence-corrected chi connectivity index (χ2v) is 6.38. The highest BCUT2D eigenvalue weighted by atomic mass is 79.9. The van der Waals surface area contributed by atoms with Crippen molar-refractivity contribution in [3.05, 3.63) is 51.1 Å². The van der Waals surface area contributed by atoms with Crippen molar-refractivity contribution in [2.24, 2.45) is 0 Å². The molecule has 1 heterocycles. The molecule has 1 aromatic carbocycles. The Balaban J connectivity index is 2.10. The fourth-order valence-corrected chi connectivity index (χ4v) is 3.00. The van der Waals surface area contributed by atoms with Crippen molar-refractivity contribution in [2.75, 3.05) is 13.6 Å². The van der Waals surface area contributed by atoms with E-state index in [4.69, 9.17) is 9.84 Å². The highest BCUT2D eigenvalue weighted by Gasteiger charge is 2.18. The van der Waals surface area contributed by atoms with Crippen LogP contribution in [-0.4, -0.2) is 29.7 Å². The van der Waals surface area contributed by atoms with Crippen LogP contribution in [-0.2, 0) is 0 Å². The van der Waals surface area contributed by atoms with Gasteiger partial charge in [0.1, 0.15) is 11.9 Å². The Morgan fingerprint density at radius 3 is 2.76 bits per heavy atom. The van der Waals surface area contributed by atoms with Crippen LogP contribution >= 0.6 is 27.3 Å². The molecule has 2 rings (SSSR count). The maximum atomic E-state index is 10.9. The molecule has 1 amide bonds. The number of benzene rings is 1. The molecule has 0 radical (unpaired) electrons. The molecule has 0 aliphatic heterocycles. The lowest BCUT2D eigenvalue weighted by Gasteiger charge is -2.21. The monoisotopic (exact) mass is 369 g/mol. The van der Waals surface area contributed by atoms with Crippen molar-refractivity contribution in [3.8, 4) is 5.75 Å². The van der Waals surface area contributed by atoms with Crippen molar-refractivity contribution in [2.45, 2.75) is 12.5 Å². The van der Waals surface area contributed by atoms with E-state index < -0.39 is 6.09 Å². The molecule has 1 unspecified atom stereocenters. The minimum absolute atomic E-state index is 0.162. The number of amides is 1. The van der Waals surface area contributed by atoms with Crippen molar-refractivity contribution < 1.29 is 14.6 Å². The highest BCUT2D eigenvalue weighted by molar-refractivity contribution is 9.10. The number of rotatable bonds is 6. The minimum Gasteiger partial charge on any atom is -0.484 e. The topological polar surface area (TPSA) is 49.8 Å². The van der Waals surface area contributed by atoms with Gasteiger partial charge in [0.2, 0.25) is 0 Å². The zero-order valence-corrected chi connectivity index (χ0v) is 13.9. The van der Waals surface area contributed by atoms with Gasteiger partial charge in [-0.25, -0.2) is 4.79 Å². The molecule has 21 heavy (non-hydrogen) atoms. The third-order valence-corrected chi connectivity index (χ3v) is 4.64. The molecular weight excluding hydrogens is 354 g/mol. The minimum atomic E-state index is -0.930. The van der Waals surface area contributed by atoms with Crippen molar-refractivity contribution >= 4 is 33.4 Å². The van der Waals surface area contributed by atoms with E-state index in [1.165, 1.54) is 4.90 Å². The first-order chi connectivity index (χ1) is 10.1. The van der Waals surface area contributed by atoms with E-state index in [-0.39, 0.29) is 6.10 Å². The molecule has 0 aliphatic rings. The number of halogens is 1. The molecular formula is C15H16BrNO3S. The van der Waals surface area contributed by atoms with E-state index in [1.54, 1.807) is 18.4 Å². The number of carbonyl (C=O) groups is 1. The summed E-state index contributed by atoms with van der Waals surface area (Å²) in [6.07, 6.45) is -0.490. The van der Waals surface area contributed by atoms with E-state index in [2.05, 4.69) is 15.9 Å². The second kappa shape index (κ2) is 7.47. The Bertz CT molecular complexity index is 588. The van der Waals surface area contributed by atoms with Crippen LogP contribution < -0.4 is 4.74 Å². The van der Waals surface area contributed by atoms with Gasteiger partial charge in [0.25, 0.3) is 0 Å². The van der Waals surface area contributed by atoms with Crippen molar-refractivity contribution in [1.82, 2.24) is 4.90 Å². The molecule has 6 heteroatoms. The lowest BCUT2D eigenvalue weighted by atomic mass is 10.2. The van der Waals surface area contributed by atoms with Gasteiger partial charge in [-0.05, 0) is 39.5 Å². The Morgan fingerprint density at radius 2 is 2.14 bits per heavy atom. The van der Waals surface area contributed by atoms with Crippen LogP contribution in [0.5, 0.6) is 5.75 Å². The van der Waals surface area contributed by atoms with Crippen LogP contribution in [0.2, 0.25) is 0 Å².